The standard InChI is InChI=1S/C17H19NO5S/c1-17(2,3)23-16(22)13(12(19)9-24-4)18-14(20)10-7-5-6-8-11(10)15(18)21/h5-8,13H,9H2,1-4H3. The molecular weight excluding hydrogens is 330 g/mol. The summed E-state index contributed by atoms with van der Waals surface area (Å²) in [6.07, 6.45) is 1.70. The van der Waals surface area contributed by atoms with Gasteiger partial charge in [-0.15, -0.1) is 0 Å². The molecule has 0 N–H and O–H groups in total. The SMILES string of the molecule is CSCC(=O)C(C(=O)OC(C)(C)C)N1C(=O)c2ccccc2C1=O. The molecule has 24 heavy (non-hydrogen) atoms. The van der Waals surface area contributed by atoms with Gasteiger partial charge in [0.15, 0.2) is 11.8 Å². The number of hydrogen-bond acceptors (Lipinski definition) is 6. The Morgan fingerprint density at radius 2 is 1.62 bits per heavy atom. The Morgan fingerprint density at radius 3 is 2.04 bits per heavy atom. The van der Waals surface area contributed by atoms with Crippen LogP contribution in [0, 0.1) is 0 Å². The summed E-state index contributed by atoms with van der Waals surface area (Å²) in [6.45, 7) is 4.97. The number of esters is 1. The van der Waals surface area contributed by atoms with E-state index in [0.717, 1.165) is 4.90 Å². The Bertz CT molecular complexity index is 672. The summed E-state index contributed by atoms with van der Waals surface area (Å²) in [4.78, 5) is 50.8. The summed E-state index contributed by atoms with van der Waals surface area (Å²) >= 11 is 1.21. The first-order valence-corrected chi connectivity index (χ1v) is 8.78. The van der Waals surface area contributed by atoms with Gasteiger partial charge in [0, 0.05) is 0 Å². The molecule has 0 saturated heterocycles. The zero-order valence-corrected chi connectivity index (χ0v) is 14.8. The maximum atomic E-state index is 12.6. The van der Waals surface area contributed by atoms with Crippen molar-refractivity contribution in [3.05, 3.63) is 35.4 Å². The lowest BCUT2D eigenvalue weighted by Crippen LogP contribution is -2.52. The topological polar surface area (TPSA) is 80.8 Å². The molecule has 0 spiro atoms. The first-order valence-electron chi connectivity index (χ1n) is 7.39. The second kappa shape index (κ2) is 6.76. The van der Waals surface area contributed by atoms with Crippen molar-refractivity contribution in [3.8, 4) is 0 Å². The zero-order chi connectivity index (χ0) is 18.1. The normalized spacial score (nSPS) is 15.2. The van der Waals surface area contributed by atoms with Gasteiger partial charge in [0.25, 0.3) is 11.8 Å². The minimum absolute atomic E-state index is 0.00266. The van der Waals surface area contributed by atoms with Crippen LogP contribution in [0.15, 0.2) is 24.3 Å². The van der Waals surface area contributed by atoms with Gasteiger partial charge < -0.3 is 4.74 Å². The van der Waals surface area contributed by atoms with Gasteiger partial charge in [-0.2, -0.15) is 11.8 Å². The number of nitrogens with zero attached hydrogens (tertiary/aromatic N) is 1. The molecule has 0 saturated carbocycles. The van der Waals surface area contributed by atoms with Crippen molar-refractivity contribution in [2.24, 2.45) is 0 Å². The lowest BCUT2D eigenvalue weighted by atomic mass is 10.1. The highest BCUT2D eigenvalue weighted by Crippen LogP contribution is 2.26. The van der Waals surface area contributed by atoms with Gasteiger partial charge in [-0.25, -0.2) is 4.79 Å². The van der Waals surface area contributed by atoms with E-state index in [1.54, 1.807) is 39.2 Å². The molecule has 1 aliphatic rings. The number of hydrogen-bond donors (Lipinski definition) is 0. The Morgan fingerprint density at radius 1 is 1.12 bits per heavy atom. The average molecular weight is 349 g/mol. The van der Waals surface area contributed by atoms with Crippen LogP contribution >= 0.6 is 11.8 Å². The van der Waals surface area contributed by atoms with Gasteiger partial charge in [0.2, 0.25) is 0 Å². The van der Waals surface area contributed by atoms with Crippen LogP contribution in [0.1, 0.15) is 41.5 Å². The number of fused-ring (bicyclic) bond motifs is 1. The molecule has 2 amide bonds. The molecule has 0 bridgehead atoms. The van der Waals surface area contributed by atoms with Crippen LogP contribution in [-0.2, 0) is 14.3 Å². The molecule has 128 valence electrons. The molecule has 1 aliphatic heterocycles. The lowest BCUT2D eigenvalue weighted by molar-refractivity contribution is -0.161. The van der Waals surface area contributed by atoms with Crippen LogP contribution < -0.4 is 0 Å². The maximum Gasteiger partial charge on any atom is 0.337 e. The van der Waals surface area contributed by atoms with Crippen LogP contribution in [0.4, 0.5) is 0 Å². The van der Waals surface area contributed by atoms with E-state index in [2.05, 4.69) is 0 Å². The van der Waals surface area contributed by atoms with E-state index < -0.39 is 35.2 Å². The van der Waals surface area contributed by atoms with Crippen LogP contribution in [0.5, 0.6) is 0 Å². The molecule has 0 radical (unpaired) electrons. The zero-order valence-electron chi connectivity index (χ0n) is 14.0. The number of ketones is 1. The molecule has 2 rings (SSSR count). The van der Waals surface area contributed by atoms with E-state index in [1.165, 1.54) is 23.9 Å². The molecule has 1 atom stereocenters. The number of benzene rings is 1. The van der Waals surface area contributed by atoms with Crippen molar-refractivity contribution in [2.75, 3.05) is 12.0 Å². The summed E-state index contributed by atoms with van der Waals surface area (Å²) < 4.78 is 5.26. The minimum atomic E-state index is -1.57. The predicted octanol–water partition coefficient (Wildman–Crippen LogP) is 1.93. The lowest BCUT2D eigenvalue weighted by Gasteiger charge is -2.27. The molecule has 7 heteroatoms. The van der Waals surface area contributed by atoms with Crippen molar-refractivity contribution in [1.29, 1.82) is 0 Å². The fraction of sp³-hybridized carbons (Fsp3) is 0.412. The van der Waals surface area contributed by atoms with E-state index in [0.29, 0.717) is 0 Å². The van der Waals surface area contributed by atoms with Gasteiger partial charge in [-0.3, -0.25) is 19.3 Å². The van der Waals surface area contributed by atoms with Gasteiger partial charge in [-0.05, 0) is 39.2 Å². The van der Waals surface area contributed by atoms with Crippen molar-refractivity contribution >= 4 is 35.3 Å². The molecule has 6 nitrogen and oxygen atoms in total. The number of rotatable bonds is 5. The van der Waals surface area contributed by atoms with Gasteiger partial charge in [0.05, 0.1) is 16.9 Å². The van der Waals surface area contributed by atoms with E-state index in [-0.39, 0.29) is 16.9 Å². The maximum absolute atomic E-state index is 12.6. The first-order chi connectivity index (χ1) is 11.2. The fourth-order valence-electron chi connectivity index (χ4n) is 2.40. The third-order valence-corrected chi connectivity index (χ3v) is 3.88. The van der Waals surface area contributed by atoms with Crippen LogP contribution in [0.25, 0.3) is 0 Å². The molecule has 1 heterocycles. The third-order valence-electron chi connectivity index (χ3n) is 3.31. The van der Waals surface area contributed by atoms with Crippen LogP contribution in [-0.4, -0.2) is 52.1 Å². The van der Waals surface area contributed by atoms with Crippen LogP contribution in [0.2, 0.25) is 0 Å². The number of Topliss-reactive ketones (excluding diaryl/α,β-unsaturated/α-hetero) is 1. The average Bonchev–Trinajstić information content (AvgIpc) is 2.72. The third kappa shape index (κ3) is 3.51. The quantitative estimate of drug-likeness (QED) is 0.459. The minimum Gasteiger partial charge on any atom is -0.458 e. The second-order valence-corrected chi connectivity index (χ2v) is 7.23. The second-order valence-electron chi connectivity index (χ2n) is 6.36. The number of imide groups is 1. The molecular formula is C17H19NO5S. The largest absolute Gasteiger partial charge is 0.458 e. The van der Waals surface area contributed by atoms with E-state index in [1.807, 2.05) is 0 Å². The number of amides is 2. The van der Waals surface area contributed by atoms with Gasteiger partial charge in [-0.1, -0.05) is 12.1 Å². The number of carbonyl (C=O) groups is 4. The summed E-state index contributed by atoms with van der Waals surface area (Å²) in [5, 5.41) is 0. The molecule has 0 aromatic heterocycles. The fourth-order valence-corrected chi connectivity index (χ4v) is 2.84. The van der Waals surface area contributed by atoms with E-state index >= 15 is 0 Å². The highest BCUT2D eigenvalue weighted by Gasteiger charge is 2.47. The Kier molecular flexibility index (Phi) is 5.13. The summed E-state index contributed by atoms with van der Waals surface area (Å²) in [6, 6.07) is 4.69. The molecule has 1 aromatic carbocycles. The molecule has 1 unspecified atom stereocenters. The van der Waals surface area contributed by atoms with Gasteiger partial charge in [0.1, 0.15) is 5.60 Å². The van der Waals surface area contributed by atoms with Crippen molar-refractivity contribution in [3.63, 3.8) is 0 Å². The van der Waals surface area contributed by atoms with E-state index in [4.69, 9.17) is 4.74 Å². The van der Waals surface area contributed by atoms with Crippen molar-refractivity contribution in [1.82, 2.24) is 4.90 Å². The smallest absolute Gasteiger partial charge is 0.337 e. The molecule has 0 aliphatic carbocycles. The van der Waals surface area contributed by atoms with Crippen molar-refractivity contribution < 1.29 is 23.9 Å². The molecule has 0 fully saturated rings. The number of thioether (sulfide) groups is 1. The summed E-state index contributed by atoms with van der Waals surface area (Å²) in [5.41, 5.74) is -0.464. The predicted molar refractivity (Wildman–Crippen MR) is 90.0 cm³/mol. The number of ether oxygens (including phenoxy) is 1. The van der Waals surface area contributed by atoms with E-state index in [9.17, 15) is 19.2 Å². The number of carbonyl (C=O) groups excluding carboxylic acids is 4. The summed E-state index contributed by atoms with van der Waals surface area (Å²) in [5.74, 6) is -2.73. The first kappa shape index (κ1) is 18.2. The Balaban J connectivity index is 2.42. The summed E-state index contributed by atoms with van der Waals surface area (Å²) in [7, 11) is 0. The monoisotopic (exact) mass is 349 g/mol. The van der Waals surface area contributed by atoms with Crippen molar-refractivity contribution in [2.45, 2.75) is 32.4 Å². The van der Waals surface area contributed by atoms with Crippen LogP contribution in [0.3, 0.4) is 0 Å². The van der Waals surface area contributed by atoms with Gasteiger partial charge >= 0.3 is 5.97 Å². The Hall–Kier alpha value is -2.15. The Labute approximate surface area is 144 Å². The molecule has 1 aromatic rings. The highest BCUT2D eigenvalue weighted by atomic mass is 32.2. The highest BCUT2D eigenvalue weighted by molar-refractivity contribution is 7.99.